The molecule has 0 aromatic heterocycles. The summed E-state index contributed by atoms with van der Waals surface area (Å²) in [5, 5.41) is 0. The van der Waals surface area contributed by atoms with Crippen molar-refractivity contribution >= 4 is 41.5 Å². The second-order valence-corrected chi connectivity index (χ2v) is 5.54. The summed E-state index contributed by atoms with van der Waals surface area (Å²) < 4.78 is 5.69. The van der Waals surface area contributed by atoms with E-state index in [1.807, 2.05) is 0 Å². The van der Waals surface area contributed by atoms with Crippen molar-refractivity contribution in [3.8, 4) is 5.75 Å². The summed E-state index contributed by atoms with van der Waals surface area (Å²) >= 11 is 0. The fourth-order valence-corrected chi connectivity index (χ4v) is 2.25. The second kappa shape index (κ2) is 9.87. The van der Waals surface area contributed by atoms with Crippen molar-refractivity contribution in [2.24, 2.45) is 5.73 Å². The molecule has 130 valence electrons. The highest BCUT2D eigenvalue weighted by Crippen LogP contribution is 2.21. The lowest BCUT2D eigenvalue weighted by Gasteiger charge is -2.26. The third-order valence-corrected chi connectivity index (χ3v) is 4.00. The Morgan fingerprint density at radius 3 is 1.96 bits per heavy atom. The first kappa shape index (κ1) is 21.9. The highest BCUT2D eigenvalue weighted by molar-refractivity contribution is 14.0. The number of amides is 2. The Hall–Kier alpha value is -1.15. The number of hydrogen-bond donors (Lipinski definition) is 1. The molecule has 0 aliphatic heterocycles. The number of nitrogens with zero attached hydrogens (tertiary/aromatic N) is 1. The van der Waals surface area contributed by atoms with Gasteiger partial charge in [-0.15, -0.1) is 24.0 Å². The van der Waals surface area contributed by atoms with E-state index in [9.17, 15) is 9.59 Å². The van der Waals surface area contributed by atoms with Gasteiger partial charge in [-0.05, 0) is 43.5 Å². The van der Waals surface area contributed by atoms with Crippen molar-refractivity contribution in [2.45, 2.75) is 52.5 Å². The molecule has 0 aliphatic carbocycles. The van der Waals surface area contributed by atoms with Gasteiger partial charge in [0.15, 0.2) is 0 Å². The molecule has 0 atom stereocenters. The van der Waals surface area contributed by atoms with Crippen LogP contribution in [0.3, 0.4) is 0 Å². The van der Waals surface area contributed by atoms with Crippen LogP contribution in [0, 0.1) is 0 Å². The van der Waals surface area contributed by atoms with Crippen LogP contribution in [0.2, 0.25) is 0 Å². The van der Waals surface area contributed by atoms with Gasteiger partial charge in [0.05, 0.1) is 12.3 Å². The van der Waals surface area contributed by atoms with Gasteiger partial charge in [-0.2, -0.15) is 0 Å². The molecule has 0 aliphatic rings. The summed E-state index contributed by atoms with van der Waals surface area (Å²) in [6.07, 6.45) is 2.62. The quantitative estimate of drug-likeness (QED) is 0.667. The first-order valence-electron chi connectivity index (χ1n) is 7.66. The molecule has 6 heteroatoms. The lowest BCUT2D eigenvalue weighted by molar-refractivity contribution is -0.124. The number of carbonyl (C=O) groups is 2. The zero-order chi connectivity index (χ0) is 16.8. The molecule has 2 N–H and O–H groups in total. The Balaban J connectivity index is 0.00000484. The molecule has 0 heterocycles. The van der Waals surface area contributed by atoms with Gasteiger partial charge in [0.25, 0.3) is 0 Å². The van der Waals surface area contributed by atoms with Gasteiger partial charge in [0.1, 0.15) is 5.75 Å². The maximum atomic E-state index is 11.5. The van der Waals surface area contributed by atoms with Crippen molar-refractivity contribution in [2.75, 3.05) is 11.5 Å². The molecule has 5 nitrogen and oxygen atoms in total. The van der Waals surface area contributed by atoms with Gasteiger partial charge >= 0.3 is 0 Å². The van der Waals surface area contributed by atoms with E-state index in [0.29, 0.717) is 18.0 Å². The van der Waals surface area contributed by atoms with E-state index in [1.165, 1.54) is 13.8 Å². The largest absolute Gasteiger partial charge is 0.494 e. The van der Waals surface area contributed by atoms with E-state index in [2.05, 4.69) is 13.8 Å². The zero-order valence-electron chi connectivity index (χ0n) is 14.3. The van der Waals surface area contributed by atoms with Gasteiger partial charge in [-0.25, -0.2) is 0 Å². The summed E-state index contributed by atoms with van der Waals surface area (Å²) in [4.78, 5) is 24.1. The Bertz CT molecular complexity index is 499. The Kier molecular flexibility index (Phi) is 9.38. The van der Waals surface area contributed by atoms with Crippen molar-refractivity contribution in [3.63, 3.8) is 0 Å². The lowest BCUT2D eigenvalue weighted by Crippen LogP contribution is -2.39. The normalized spacial score (nSPS) is 10.7. The molecule has 0 fully saturated rings. The zero-order valence-corrected chi connectivity index (χ0v) is 16.6. The van der Waals surface area contributed by atoms with E-state index in [-0.39, 0.29) is 41.3 Å². The topological polar surface area (TPSA) is 72.6 Å². The van der Waals surface area contributed by atoms with Gasteiger partial charge in [0.2, 0.25) is 11.8 Å². The average Bonchev–Trinajstić information content (AvgIpc) is 2.48. The lowest BCUT2D eigenvalue weighted by atomic mass is 9.91. The number of hydrogen-bond acceptors (Lipinski definition) is 4. The number of anilines is 1. The third kappa shape index (κ3) is 6.47. The summed E-state index contributed by atoms with van der Waals surface area (Å²) in [5.74, 6) is 0.0883. The van der Waals surface area contributed by atoms with Gasteiger partial charge in [-0.1, -0.05) is 13.8 Å². The predicted molar refractivity (Wildman–Crippen MR) is 103 cm³/mol. The van der Waals surface area contributed by atoms with Crippen molar-refractivity contribution in [1.29, 1.82) is 0 Å². The first-order valence-corrected chi connectivity index (χ1v) is 7.66. The minimum atomic E-state index is -0.306. The highest BCUT2D eigenvalue weighted by atomic mass is 127. The van der Waals surface area contributed by atoms with Gasteiger partial charge in [0, 0.05) is 19.4 Å². The van der Waals surface area contributed by atoms with Crippen molar-refractivity contribution in [1.82, 2.24) is 0 Å². The van der Waals surface area contributed by atoms with Crippen LogP contribution in [0.4, 0.5) is 5.69 Å². The van der Waals surface area contributed by atoms with E-state index < -0.39 is 0 Å². The Morgan fingerprint density at radius 1 is 1.09 bits per heavy atom. The number of rotatable bonds is 7. The van der Waals surface area contributed by atoms with Crippen LogP contribution < -0.4 is 15.4 Å². The second-order valence-electron chi connectivity index (χ2n) is 5.54. The molecule has 1 aromatic carbocycles. The van der Waals surface area contributed by atoms with Crippen LogP contribution in [-0.2, 0) is 9.59 Å². The highest BCUT2D eigenvalue weighted by Gasteiger charge is 2.20. The molecule has 0 radical (unpaired) electrons. The summed E-state index contributed by atoms with van der Waals surface area (Å²) in [6, 6.07) is 6.91. The van der Waals surface area contributed by atoms with E-state index in [4.69, 9.17) is 10.5 Å². The average molecular weight is 434 g/mol. The summed E-state index contributed by atoms with van der Waals surface area (Å²) in [7, 11) is 0. The molecule has 0 spiro atoms. The molecule has 0 bridgehead atoms. The van der Waals surface area contributed by atoms with Crippen LogP contribution in [0.5, 0.6) is 5.75 Å². The third-order valence-electron chi connectivity index (χ3n) is 4.00. The Morgan fingerprint density at radius 2 is 1.57 bits per heavy atom. The molecule has 1 aromatic rings. The fraction of sp³-hybridized carbons (Fsp3) is 0.529. The molecule has 23 heavy (non-hydrogen) atoms. The molecular weight excluding hydrogens is 407 g/mol. The monoisotopic (exact) mass is 434 g/mol. The minimum Gasteiger partial charge on any atom is -0.494 e. The maximum absolute atomic E-state index is 11.5. The van der Waals surface area contributed by atoms with E-state index in [1.54, 1.807) is 24.3 Å². The maximum Gasteiger partial charge on any atom is 0.230 e. The SMILES string of the molecule is CCC(N)(CC)CCOc1ccc(N(C(C)=O)C(C)=O)cc1.I. The fourth-order valence-electron chi connectivity index (χ4n) is 2.25. The number of ether oxygens (including phenoxy) is 1. The van der Waals surface area contributed by atoms with Gasteiger partial charge in [-0.3, -0.25) is 14.5 Å². The van der Waals surface area contributed by atoms with Crippen LogP contribution in [0.1, 0.15) is 47.0 Å². The smallest absolute Gasteiger partial charge is 0.230 e. The molecule has 0 saturated heterocycles. The summed E-state index contributed by atoms with van der Waals surface area (Å²) in [5.41, 5.74) is 6.59. The Labute approximate surface area is 155 Å². The molecule has 0 saturated carbocycles. The number of benzene rings is 1. The standard InChI is InChI=1S/C17H26N2O3.HI/c1-5-17(18,6-2)11-12-22-16-9-7-15(8-10-16)19(13(3)20)14(4)21;/h7-10H,5-6,11-12,18H2,1-4H3;1H. The molecule has 2 amide bonds. The summed E-state index contributed by atoms with van der Waals surface area (Å²) in [6.45, 7) is 7.43. The van der Waals surface area contributed by atoms with E-state index in [0.717, 1.165) is 24.2 Å². The van der Waals surface area contributed by atoms with Crippen molar-refractivity contribution < 1.29 is 14.3 Å². The minimum absolute atomic E-state index is 0. The molecule has 1 rings (SSSR count). The van der Waals surface area contributed by atoms with Crippen LogP contribution >= 0.6 is 24.0 Å². The number of nitrogens with two attached hydrogens (primary N) is 1. The molecule has 0 unspecified atom stereocenters. The van der Waals surface area contributed by atoms with Crippen LogP contribution in [0.15, 0.2) is 24.3 Å². The van der Waals surface area contributed by atoms with Crippen LogP contribution in [-0.4, -0.2) is 24.0 Å². The van der Waals surface area contributed by atoms with Crippen LogP contribution in [0.25, 0.3) is 0 Å². The first-order chi connectivity index (χ1) is 10.3. The van der Waals surface area contributed by atoms with Gasteiger partial charge < -0.3 is 10.5 Å². The predicted octanol–water partition coefficient (Wildman–Crippen LogP) is 3.49. The number of halogens is 1. The number of carbonyl (C=O) groups excluding carboxylic acids is 2. The van der Waals surface area contributed by atoms with Crippen molar-refractivity contribution in [3.05, 3.63) is 24.3 Å². The number of imide groups is 1. The molecular formula is C17H27IN2O3. The van der Waals surface area contributed by atoms with E-state index >= 15 is 0 Å².